The molecule has 2 aliphatic rings. The van der Waals surface area contributed by atoms with Crippen molar-refractivity contribution in [2.24, 2.45) is 0 Å². The molecule has 7 nitrogen and oxygen atoms in total. The Bertz CT molecular complexity index is 455. The van der Waals surface area contributed by atoms with Gasteiger partial charge in [0.05, 0.1) is 6.67 Å². The molecule has 0 aromatic heterocycles. The Hall–Kier alpha value is 0.0569. The second-order valence-corrected chi connectivity index (χ2v) is 10.8. The molecule has 1 saturated carbocycles. The predicted molar refractivity (Wildman–Crippen MR) is 122 cm³/mol. The van der Waals surface area contributed by atoms with Gasteiger partial charge in [0.25, 0.3) is 0 Å². The molecule has 1 aliphatic heterocycles. The summed E-state index contributed by atoms with van der Waals surface area (Å²) in [6, 6.07) is 1.37. The highest BCUT2D eigenvalue weighted by Crippen LogP contribution is 2.26. The molecule has 0 aromatic rings. The third kappa shape index (κ3) is 7.08. The van der Waals surface area contributed by atoms with E-state index in [1.807, 2.05) is 25.8 Å². The van der Waals surface area contributed by atoms with Crippen molar-refractivity contribution in [1.82, 2.24) is 20.7 Å². The Morgan fingerprint density at radius 1 is 1.11 bits per heavy atom. The van der Waals surface area contributed by atoms with E-state index in [1.54, 1.807) is 0 Å². The Morgan fingerprint density at radius 2 is 1.71 bits per heavy atom. The zero-order chi connectivity index (χ0) is 20.4. The molecule has 1 saturated heterocycles. The third-order valence-corrected chi connectivity index (χ3v) is 9.13. The van der Waals surface area contributed by atoms with E-state index in [1.165, 1.54) is 32.1 Å². The van der Waals surface area contributed by atoms with Gasteiger partial charge in [-0.2, -0.15) is 0 Å². The lowest BCUT2D eigenvalue weighted by molar-refractivity contribution is 0.0488. The zero-order valence-electron chi connectivity index (χ0n) is 17.6. The first-order valence-corrected chi connectivity index (χ1v) is 13.6. The summed E-state index contributed by atoms with van der Waals surface area (Å²) in [4.78, 5) is 2.41. The summed E-state index contributed by atoms with van der Waals surface area (Å²) in [6.07, 6.45) is 7.34. The standard InChI is InChI=1S/C18H38N4O3S2Si/c1-4-23-28(24-5-2,25-6-3)14-10-13-19-22-15-21(17(26)20-18(22)27)16-11-8-7-9-12-16/h16-17,19,26H,4-15H2,1-3H3,(H,20,27). The first-order valence-electron chi connectivity index (χ1n) is 10.7. The summed E-state index contributed by atoms with van der Waals surface area (Å²) in [5, 5.41) is 6.05. The summed E-state index contributed by atoms with van der Waals surface area (Å²) >= 11 is 10.2. The van der Waals surface area contributed by atoms with Crippen molar-refractivity contribution in [3.63, 3.8) is 0 Å². The normalized spacial score (nSPS) is 22.5. The summed E-state index contributed by atoms with van der Waals surface area (Å²) in [6.45, 7) is 9.35. The van der Waals surface area contributed by atoms with Gasteiger partial charge in [0.15, 0.2) is 5.11 Å². The van der Waals surface area contributed by atoms with E-state index in [4.69, 9.17) is 38.1 Å². The third-order valence-electron chi connectivity index (χ3n) is 5.22. The fourth-order valence-electron chi connectivity index (χ4n) is 3.95. The van der Waals surface area contributed by atoms with Crippen LogP contribution in [0.2, 0.25) is 6.04 Å². The molecule has 164 valence electrons. The molecule has 1 atom stereocenters. The van der Waals surface area contributed by atoms with Crippen molar-refractivity contribution in [1.29, 1.82) is 0 Å². The van der Waals surface area contributed by atoms with Gasteiger partial charge in [-0.05, 0) is 52.3 Å². The fourth-order valence-corrected chi connectivity index (χ4v) is 7.26. The highest BCUT2D eigenvalue weighted by Gasteiger charge is 2.40. The number of thiol groups is 1. The van der Waals surface area contributed by atoms with Crippen molar-refractivity contribution in [3.8, 4) is 0 Å². The molecule has 0 spiro atoms. The number of thiocarbonyl (C=S) groups is 1. The van der Waals surface area contributed by atoms with Gasteiger partial charge in [-0.3, -0.25) is 9.91 Å². The smallest absolute Gasteiger partial charge is 0.374 e. The number of hydrazine groups is 1. The lowest BCUT2D eigenvalue weighted by atomic mass is 9.94. The molecule has 0 bridgehead atoms. The maximum Gasteiger partial charge on any atom is 0.500 e. The minimum atomic E-state index is -2.58. The molecule has 2 rings (SSSR count). The van der Waals surface area contributed by atoms with E-state index in [-0.39, 0.29) is 5.50 Å². The van der Waals surface area contributed by atoms with E-state index < -0.39 is 8.80 Å². The van der Waals surface area contributed by atoms with Crippen LogP contribution in [-0.2, 0) is 13.3 Å². The molecular formula is C18H38N4O3S2Si. The summed E-state index contributed by atoms with van der Waals surface area (Å²) in [5.74, 6) is 0. The second-order valence-electron chi connectivity index (χ2n) is 7.19. The van der Waals surface area contributed by atoms with Crippen molar-refractivity contribution >= 4 is 38.8 Å². The van der Waals surface area contributed by atoms with E-state index in [0.717, 1.165) is 25.7 Å². The van der Waals surface area contributed by atoms with Gasteiger partial charge in [0.2, 0.25) is 0 Å². The molecule has 1 unspecified atom stereocenters. The maximum absolute atomic E-state index is 5.93. The minimum Gasteiger partial charge on any atom is -0.374 e. The van der Waals surface area contributed by atoms with Crippen LogP contribution in [-0.4, -0.2) is 68.4 Å². The molecule has 28 heavy (non-hydrogen) atoms. The van der Waals surface area contributed by atoms with Crippen LogP contribution >= 0.6 is 24.8 Å². The van der Waals surface area contributed by atoms with E-state index in [0.29, 0.717) is 31.0 Å². The molecule has 0 radical (unpaired) electrons. The van der Waals surface area contributed by atoms with Crippen LogP contribution in [0.4, 0.5) is 0 Å². The summed E-state index contributed by atoms with van der Waals surface area (Å²) < 4.78 is 17.8. The molecule has 0 aromatic carbocycles. The highest BCUT2D eigenvalue weighted by atomic mass is 32.1. The largest absolute Gasteiger partial charge is 0.500 e. The summed E-state index contributed by atoms with van der Waals surface area (Å²) in [5.41, 5.74) is 3.46. The number of hydrogen-bond donors (Lipinski definition) is 3. The Morgan fingerprint density at radius 3 is 2.29 bits per heavy atom. The Labute approximate surface area is 182 Å². The van der Waals surface area contributed by atoms with E-state index >= 15 is 0 Å². The first-order chi connectivity index (χ1) is 13.5. The highest BCUT2D eigenvalue weighted by molar-refractivity contribution is 7.81. The zero-order valence-corrected chi connectivity index (χ0v) is 20.3. The molecular weight excluding hydrogens is 412 g/mol. The summed E-state index contributed by atoms with van der Waals surface area (Å²) in [7, 11) is -2.58. The Balaban J connectivity index is 1.83. The predicted octanol–water partition coefficient (Wildman–Crippen LogP) is 2.93. The number of nitrogens with zero attached hydrogens (tertiary/aromatic N) is 2. The van der Waals surface area contributed by atoms with Gasteiger partial charge < -0.3 is 18.6 Å². The van der Waals surface area contributed by atoms with Crippen molar-refractivity contribution in [2.75, 3.05) is 33.0 Å². The van der Waals surface area contributed by atoms with Gasteiger partial charge in [-0.15, -0.1) is 12.6 Å². The van der Waals surface area contributed by atoms with Crippen molar-refractivity contribution in [2.45, 2.75) is 76.9 Å². The molecule has 0 amide bonds. The van der Waals surface area contributed by atoms with Crippen LogP contribution < -0.4 is 10.7 Å². The van der Waals surface area contributed by atoms with Crippen LogP contribution in [0, 0.1) is 0 Å². The van der Waals surface area contributed by atoms with E-state index in [9.17, 15) is 0 Å². The SMILES string of the molecule is CCO[Si](CCCNN1CN(C2CCCCC2)C(S)NC1=S)(OCC)OCC. The minimum absolute atomic E-state index is 0.0115. The van der Waals surface area contributed by atoms with Crippen LogP contribution in [0.25, 0.3) is 0 Å². The van der Waals surface area contributed by atoms with Gasteiger partial charge in [0.1, 0.15) is 5.50 Å². The van der Waals surface area contributed by atoms with Gasteiger partial charge >= 0.3 is 8.80 Å². The quantitative estimate of drug-likeness (QED) is 0.182. The lowest BCUT2D eigenvalue weighted by Crippen LogP contribution is -2.66. The number of nitrogens with one attached hydrogen (secondary N) is 2. The molecule has 2 N–H and O–H groups in total. The van der Waals surface area contributed by atoms with Crippen LogP contribution in [0.5, 0.6) is 0 Å². The van der Waals surface area contributed by atoms with Crippen LogP contribution in [0.15, 0.2) is 0 Å². The lowest BCUT2D eigenvalue weighted by Gasteiger charge is -2.46. The van der Waals surface area contributed by atoms with Gasteiger partial charge in [-0.1, -0.05) is 19.3 Å². The first kappa shape index (κ1) is 24.3. The fraction of sp³-hybridized carbons (Fsp3) is 0.944. The molecule has 1 aliphatic carbocycles. The average molecular weight is 451 g/mol. The van der Waals surface area contributed by atoms with Crippen LogP contribution in [0.3, 0.4) is 0 Å². The van der Waals surface area contributed by atoms with Gasteiger partial charge in [-0.25, -0.2) is 5.43 Å². The van der Waals surface area contributed by atoms with Crippen LogP contribution in [0.1, 0.15) is 59.3 Å². The second kappa shape index (κ2) is 12.7. The maximum atomic E-state index is 5.93. The Kier molecular flexibility index (Phi) is 11.0. The monoisotopic (exact) mass is 450 g/mol. The van der Waals surface area contributed by atoms with Gasteiger partial charge in [0, 0.05) is 38.5 Å². The molecule has 10 heteroatoms. The molecule has 1 heterocycles. The topological polar surface area (TPSA) is 58.2 Å². The number of hydrogen-bond acceptors (Lipinski definition) is 7. The average Bonchev–Trinajstić information content (AvgIpc) is 2.68. The van der Waals surface area contributed by atoms with Crippen molar-refractivity contribution in [3.05, 3.63) is 0 Å². The van der Waals surface area contributed by atoms with Crippen molar-refractivity contribution < 1.29 is 13.3 Å². The van der Waals surface area contributed by atoms with E-state index in [2.05, 4.69) is 15.6 Å². The number of rotatable bonds is 12. The molecule has 2 fully saturated rings.